The summed E-state index contributed by atoms with van der Waals surface area (Å²) in [6, 6.07) is 22.7. The number of aliphatic hydroxyl groups is 2. The second-order valence-electron chi connectivity index (χ2n) is 18.9. The first kappa shape index (κ1) is 50.3. The minimum atomic E-state index is -2.48. The van der Waals surface area contributed by atoms with Crippen LogP contribution in [0.3, 0.4) is 0 Å². The van der Waals surface area contributed by atoms with Crippen LogP contribution in [0.1, 0.15) is 106 Å². The molecule has 2 bridgehead atoms. The number of esters is 5. The summed E-state index contributed by atoms with van der Waals surface area (Å²) in [7, 11) is 0. The van der Waals surface area contributed by atoms with Crippen LogP contribution in [0.5, 0.6) is 0 Å². The van der Waals surface area contributed by atoms with Crippen LogP contribution in [0, 0.1) is 16.7 Å². The lowest BCUT2D eigenvalue weighted by atomic mass is 9.44. The van der Waals surface area contributed by atoms with Gasteiger partial charge in [0.25, 0.3) is 5.91 Å². The van der Waals surface area contributed by atoms with E-state index in [1.165, 1.54) is 26.0 Å². The van der Waals surface area contributed by atoms with E-state index in [1.807, 2.05) is 0 Å². The van der Waals surface area contributed by atoms with Gasteiger partial charge in [0.2, 0.25) is 0 Å². The van der Waals surface area contributed by atoms with Gasteiger partial charge >= 0.3 is 29.8 Å². The van der Waals surface area contributed by atoms with Crippen LogP contribution in [0.2, 0.25) is 0 Å². The molecule has 3 N–H and O–H groups in total. The molecule has 1 heterocycles. The third-order valence-electron chi connectivity index (χ3n) is 14.4. The average molecular weight is 952 g/mol. The maximum absolute atomic E-state index is 16.0. The third kappa shape index (κ3) is 9.22. The number of benzene rings is 3. The van der Waals surface area contributed by atoms with Gasteiger partial charge in [0.05, 0.1) is 29.5 Å². The molecule has 3 fully saturated rings. The number of rotatable bonds is 15. The number of hydrogen-bond donors (Lipinski definition) is 3. The van der Waals surface area contributed by atoms with Gasteiger partial charge in [-0.25, -0.2) is 9.59 Å². The van der Waals surface area contributed by atoms with Crippen LogP contribution < -0.4 is 5.32 Å². The quantitative estimate of drug-likeness (QED) is 0.0617. The SMILES string of the molecule is CC(=O)O[C@H]1C(=O)[C@]2(C)[C@@H](OC(=O)CCCC=O)C[C@H]3OC[C@@]3(OC(C)=O)[C@H]2[C@H](OC(=O)c2ccccc2)[C@]2(O)CC(OC(=O)[C@H](O)C(NC(=O)c3ccccc3)c3ccccc3)C(C)=C1C2(C)C. The Hall–Kier alpha value is -6.56. The lowest BCUT2D eigenvalue weighted by Gasteiger charge is -2.67. The van der Waals surface area contributed by atoms with Gasteiger partial charge in [-0.3, -0.25) is 24.0 Å². The van der Waals surface area contributed by atoms with Crippen molar-refractivity contribution in [2.24, 2.45) is 16.7 Å². The van der Waals surface area contributed by atoms with Crippen molar-refractivity contribution < 1.29 is 77.0 Å². The fourth-order valence-electron chi connectivity index (χ4n) is 10.9. The highest BCUT2D eigenvalue weighted by Gasteiger charge is 2.79. The monoisotopic (exact) mass is 951 g/mol. The topological polar surface area (TPSA) is 244 Å². The number of carbonyl (C=O) groups is 8. The maximum atomic E-state index is 16.0. The number of nitrogens with one attached hydrogen (secondary N) is 1. The van der Waals surface area contributed by atoms with Gasteiger partial charge in [-0.1, -0.05) is 80.6 Å². The second kappa shape index (κ2) is 19.8. The predicted molar refractivity (Wildman–Crippen MR) is 241 cm³/mol. The lowest BCUT2D eigenvalue weighted by Crippen LogP contribution is -2.82. The van der Waals surface area contributed by atoms with Gasteiger partial charge in [-0.05, 0) is 61.2 Å². The molecule has 1 aliphatic heterocycles. The Labute approximate surface area is 398 Å². The van der Waals surface area contributed by atoms with Crippen molar-refractivity contribution in [2.75, 3.05) is 6.61 Å². The minimum Gasteiger partial charge on any atom is -0.461 e. The zero-order valence-electron chi connectivity index (χ0n) is 39.2. The molecule has 2 saturated carbocycles. The van der Waals surface area contributed by atoms with E-state index < -0.39 is 119 Å². The predicted octanol–water partition coefficient (Wildman–Crippen LogP) is 4.66. The van der Waals surface area contributed by atoms with Gasteiger partial charge in [0.1, 0.15) is 36.3 Å². The molecule has 4 aliphatic rings. The summed E-state index contributed by atoms with van der Waals surface area (Å²) in [4.78, 5) is 110. The Morgan fingerprint density at radius 1 is 0.841 bits per heavy atom. The number of aliphatic hydroxyl groups excluding tert-OH is 1. The van der Waals surface area contributed by atoms with E-state index in [9.17, 15) is 43.8 Å². The number of ether oxygens (including phenoxy) is 6. The first-order valence-corrected chi connectivity index (χ1v) is 22.9. The summed E-state index contributed by atoms with van der Waals surface area (Å²) in [6.45, 7) is 7.83. The van der Waals surface area contributed by atoms with Crippen molar-refractivity contribution in [1.82, 2.24) is 5.32 Å². The molecule has 7 rings (SSSR count). The molecule has 3 aromatic carbocycles. The molecule has 1 saturated heterocycles. The fraction of sp³-hybridized carbons (Fsp3) is 0.462. The molecule has 11 atom stereocenters. The Morgan fingerprint density at radius 3 is 2.01 bits per heavy atom. The van der Waals surface area contributed by atoms with E-state index in [-0.39, 0.29) is 54.6 Å². The van der Waals surface area contributed by atoms with Gasteiger partial charge in [-0.15, -0.1) is 0 Å². The van der Waals surface area contributed by atoms with E-state index in [2.05, 4.69) is 5.32 Å². The molecule has 1 amide bonds. The number of unbranched alkanes of at least 4 members (excludes halogenated alkanes) is 1. The Balaban J connectivity index is 1.41. The molecule has 17 nitrogen and oxygen atoms in total. The largest absolute Gasteiger partial charge is 0.461 e. The van der Waals surface area contributed by atoms with Gasteiger partial charge in [-0.2, -0.15) is 0 Å². The average Bonchev–Trinajstić information content (AvgIpc) is 3.31. The summed E-state index contributed by atoms with van der Waals surface area (Å²) in [5, 5.41) is 28.6. The Morgan fingerprint density at radius 2 is 1.45 bits per heavy atom. The molecule has 2 unspecified atom stereocenters. The van der Waals surface area contributed by atoms with Crippen LogP contribution in [0.4, 0.5) is 0 Å². The number of ketones is 1. The van der Waals surface area contributed by atoms with Crippen molar-refractivity contribution in [3.8, 4) is 0 Å². The standard InChI is InChI=1S/C52H57NO16/c1-29-35(66-48(62)41(58)40(32-18-10-7-11-19-32)53-46(60)33-20-12-8-13-21-33)27-52(63)45(68-47(61)34-22-14-9-15-23-34)43-50(6,44(59)42(65-30(2)55)39(29)49(52,4)5)36(67-38(57)24-16-17-25-54)26-37-51(43,28-64-37)69-31(3)56/h7-15,18-23,25,35-37,40-43,45,58,63H,16-17,24,26-28H2,1-6H3,(H,53,60)/t35?,36-,37+,40?,41+,42+,43-,45-,50+,51-,52+/m0/s1. The van der Waals surface area contributed by atoms with Gasteiger partial charge < -0.3 is 48.7 Å². The molecular formula is C52H57NO16. The van der Waals surface area contributed by atoms with E-state index in [0.717, 1.165) is 13.8 Å². The summed E-state index contributed by atoms with van der Waals surface area (Å²) in [5.74, 6) is -7.95. The third-order valence-corrected chi connectivity index (χ3v) is 14.4. The van der Waals surface area contributed by atoms with E-state index in [0.29, 0.717) is 11.8 Å². The van der Waals surface area contributed by atoms with Crippen LogP contribution in [0.15, 0.2) is 102 Å². The number of carbonyl (C=O) groups excluding carboxylic acids is 8. The fourth-order valence-corrected chi connectivity index (χ4v) is 10.9. The molecule has 3 aromatic rings. The summed E-state index contributed by atoms with van der Waals surface area (Å²) in [5.41, 5.74) is -7.53. The molecule has 366 valence electrons. The van der Waals surface area contributed by atoms with E-state index in [4.69, 9.17) is 28.4 Å². The van der Waals surface area contributed by atoms with Crippen molar-refractivity contribution in [2.45, 2.75) is 128 Å². The summed E-state index contributed by atoms with van der Waals surface area (Å²) >= 11 is 0. The number of fused-ring (bicyclic) bond motifs is 5. The highest BCUT2D eigenvalue weighted by Crippen LogP contribution is 2.65. The van der Waals surface area contributed by atoms with Crippen LogP contribution >= 0.6 is 0 Å². The van der Waals surface area contributed by atoms with E-state index >= 15 is 4.79 Å². The number of amides is 1. The molecule has 0 spiro atoms. The van der Waals surface area contributed by atoms with Crippen LogP contribution in [-0.4, -0.2) is 112 Å². The van der Waals surface area contributed by atoms with Gasteiger partial charge in [0.15, 0.2) is 23.6 Å². The number of Topliss-reactive ketones (excluding diaryl/α,β-unsaturated/α-hetero) is 1. The Kier molecular flexibility index (Phi) is 14.4. The lowest BCUT2D eigenvalue weighted by molar-refractivity contribution is -0.346. The second-order valence-corrected chi connectivity index (χ2v) is 18.9. The summed E-state index contributed by atoms with van der Waals surface area (Å²) in [6.07, 6.45) is -10.3. The van der Waals surface area contributed by atoms with Crippen LogP contribution in [0.25, 0.3) is 0 Å². The Bertz CT molecular complexity index is 2510. The van der Waals surface area contributed by atoms with Crippen molar-refractivity contribution in [1.29, 1.82) is 0 Å². The van der Waals surface area contributed by atoms with Crippen molar-refractivity contribution in [3.63, 3.8) is 0 Å². The first-order chi connectivity index (χ1) is 32.7. The van der Waals surface area contributed by atoms with Crippen molar-refractivity contribution in [3.05, 3.63) is 119 Å². The molecule has 0 radical (unpaired) electrons. The molecular weight excluding hydrogens is 895 g/mol. The van der Waals surface area contributed by atoms with Crippen molar-refractivity contribution >= 4 is 47.8 Å². The number of aldehydes is 1. The van der Waals surface area contributed by atoms with E-state index in [1.54, 1.807) is 92.7 Å². The summed E-state index contributed by atoms with van der Waals surface area (Å²) < 4.78 is 37.0. The maximum Gasteiger partial charge on any atom is 0.338 e. The number of hydrogen-bond acceptors (Lipinski definition) is 16. The molecule has 3 aliphatic carbocycles. The first-order valence-electron chi connectivity index (χ1n) is 22.9. The minimum absolute atomic E-state index is 0.0297. The highest BCUT2D eigenvalue weighted by atomic mass is 16.6. The zero-order valence-corrected chi connectivity index (χ0v) is 39.2. The highest BCUT2D eigenvalue weighted by molar-refractivity contribution is 5.96. The molecule has 0 aromatic heterocycles. The zero-order chi connectivity index (χ0) is 50.1. The van der Waals surface area contributed by atoms with Gasteiger partial charge in [0, 0.05) is 50.5 Å². The smallest absolute Gasteiger partial charge is 0.338 e. The molecule has 17 heteroatoms. The molecule has 69 heavy (non-hydrogen) atoms. The normalized spacial score (nSPS) is 29.7. The van der Waals surface area contributed by atoms with Crippen LogP contribution in [-0.2, 0) is 57.2 Å².